The fraction of sp³-hybridized carbons (Fsp3) is 0.524. The molecule has 4 heterocycles. The molecule has 1 aliphatic carbocycles. The van der Waals surface area contributed by atoms with Gasteiger partial charge >= 0.3 is 0 Å². The van der Waals surface area contributed by atoms with Crippen LogP contribution in [0.3, 0.4) is 0 Å². The Labute approximate surface area is 179 Å². The van der Waals surface area contributed by atoms with Gasteiger partial charge in [0.15, 0.2) is 0 Å². The largest absolute Gasteiger partial charge is 0.377 e. The fourth-order valence-corrected chi connectivity index (χ4v) is 5.79. The zero-order valence-corrected chi connectivity index (χ0v) is 17.9. The summed E-state index contributed by atoms with van der Waals surface area (Å²) in [4.78, 5) is 20.1. The minimum atomic E-state index is -0.665. The first kappa shape index (κ1) is 19.4. The van der Waals surface area contributed by atoms with E-state index in [0.29, 0.717) is 13.2 Å². The minimum absolute atomic E-state index is 0.203. The standard InChI is InChI=1S/C21H26N6O2S/c1-13-12-29-10-9-27(13)16-11-14(21(20(22)28)6-3-2-4-7-21)19-18(24-16)17(26-30-19)15-5-8-23-25-15/h5,8,11,13H,2-4,6-7,9-10,12H2,1H3,(H2,22,28)(H,23,25)/t13-/m1/s1. The van der Waals surface area contributed by atoms with Crippen LogP contribution in [0.5, 0.6) is 0 Å². The molecule has 1 atom stereocenters. The van der Waals surface area contributed by atoms with Crippen LogP contribution in [0, 0.1) is 0 Å². The molecular weight excluding hydrogens is 400 g/mol. The monoisotopic (exact) mass is 426 g/mol. The highest BCUT2D eigenvalue weighted by molar-refractivity contribution is 7.13. The van der Waals surface area contributed by atoms with Crippen LogP contribution < -0.4 is 10.6 Å². The molecule has 158 valence electrons. The van der Waals surface area contributed by atoms with E-state index in [2.05, 4.69) is 28.1 Å². The van der Waals surface area contributed by atoms with Crippen LogP contribution in [-0.2, 0) is 14.9 Å². The Morgan fingerprint density at radius 2 is 2.20 bits per heavy atom. The quantitative estimate of drug-likeness (QED) is 0.664. The van der Waals surface area contributed by atoms with Gasteiger partial charge in [-0.1, -0.05) is 19.3 Å². The molecule has 9 heteroatoms. The summed E-state index contributed by atoms with van der Waals surface area (Å²) in [7, 11) is 0. The lowest BCUT2D eigenvalue weighted by Crippen LogP contribution is -2.45. The van der Waals surface area contributed by atoms with Gasteiger partial charge in [0, 0.05) is 12.7 Å². The maximum Gasteiger partial charge on any atom is 0.228 e. The number of anilines is 1. The van der Waals surface area contributed by atoms with E-state index in [0.717, 1.165) is 71.6 Å². The van der Waals surface area contributed by atoms with Gasteiger partial charge in [-0.3, -0.25) is 9.89 Å². The summed E-state index contributed by atoms with van der Waals surface area (Å²) in [5.41, 5.74) is 8.78. The van der Waals surface area contributed by atoms with Gasteiger partial charge in [0.25, 0.3) is 0 Å². The van der Waals surface area contributed by atoms with Gasteiger partial charge in [0.05, 0.1) is 35.1 Å². The van der Waals surface area contributed by atoms with Gasteiger partial charge in [-0.2, -0.15) is 9.47 Å². The highest BCUT2D eigenvalue weighted by Crippen LogP contribution is 2.45. The number of amides is 1. The average molecular weight is 427 g/mol. The van der Waals surface area contributed by atoms with Crippen molar-refractivity contribution in [2.75, 3.05) is 24.7 Å². The summed E-state index contributed by atoms with van der Waals surface area (Å²) >= 11 is 1.39. The minimum Gasteiger partial charge on any atom is -0.377 e. The molecular formula is C21H26N6O2S. The number of hydrogen-bond acceptors (Lipinski definition) is 7. The number of hydrogen-bond donors (Lipinski definition) is 2. The number of H-pyrrole nitrogens is 1. The summed E-state index contributed by atoms with van der Waals surface area (Å²) < 4.78 is 11.3. The van der Waals surface area contributed by atoms with Crippen molar-refractivity contribution in [3.63, 3.8) is 0 Å². The van der Waals surface area contributed by atoms with E-state index in [4.69, 9.17) is 19.8 Å². The van der Waals surface area contributed by atoms with Crippen molar-refractivity contribution in [1.82, 2.24) is 19.6 Å². The second-order valence-electron chi connectivity index (χ2n) is 8.33. The van der Waals surface area contributed by atoms with Crippen molar-refractivity contribution in [2.24, 2.45) is 5.73 Å². The molecule has 0 radical (unpaired) electrons. The van der Waals surface area contributed by atoms with E-state index >= 15 is 0 Å². The van der Waals surface area contributed by atoms with Crippen LogP contribution in [0.1, 0.15) is 44.6 Å². The molecule has 0 spiro atoms. The first-order valence-electron chi connectivity index (χ1n) is 10.5. The average Bonchev–Trinajstić information content (AvgIpc) is 3.43. The number of carbonyl (C=O) groups excluding carboxylic acids is 1. The van der Waals surface area contributed by atoms with Crippen molar-refractivity contribution >= 4 is 33.5 Å². The number of morpholine rings is 1. The molecule has 8 nitrogen and oxygen atoms in total. The third-order valence-electron chi connectivity index (χ3n) is 6.52. The summed E-state index contributed by atoms with van der Waals surface area (Å²) in [6.45, 7) is 4.22. The number of primary amides is 1. The Kier molecular flexibility index (Phi) is 4.94. The fourth-order valence-electron chi connectivity index (χ4n) is 4.85. The molecule has 2 fully saturated rings. The lowest BCUT2D eigenvalue weighted by molar-refractivity contribution is -0.124. The molecule has 5 rings (SSSR count). The zero-order chi connectivity index (χ0) is 20.7. The van der Waals surface area contributed by atoms with E-state index in [1.54, 1.807) is 6.20 Å². The Bertz CT molecular complexity index is 1060. The number of nitrogens with zero attached hydrogens (tertiary/aromatic N) is 4. The molecule has 30 heavy (non-hydrogen) atoms. The van der Waals surface area contributed by atoms with Gasteiger partial charge in [-0.05, 0) is 49.0 Å². The maximum atomic E-state index is 12.8. The van der Waals surface area contributed by atoms with Crippen molar-refractivity contribution < 1.29 is 9.53 Å². The number of nitrogens with two attached hydrogens (primary N) is 1. The van der Waals surface area contributed by atoms with Gasteiger partial charge in [0.1, 0.15) is 17.0 Å². The SMILES string of the molecule is C[C@@H]1COCCN1c1cc(C2(C(N)=O)CCCCC2)c2snc(-c3ccn[nH]3)c2n1. The molecule has 1 aliphatic heterocycles. The topological polar surface area (TPSA) is 110 Å². The van der Waals surface area contributed by atoms with Crippen LogP contribution in [0.15, 0.2) is 18.3 Å². The predicted molar refractivity (Wildman–Crippen MR) is 117 cm³/mol. The summed E-state index contributed by atoms with van der Waals surface area (Å²) in [5.74, 6) is 0.618. The van der Waals surface area contributed by atoms with Crippen LogP contribution in [-0.4, -0.2) is 51.3 Å². The third-order valence-corrected chi connectivity index (χ3v) is 7.39. The lowest BCUT2D eigenvalue weighted by atomic mass is 9.69. The third kappa shape index (κ3) is 3.07. The molecule has 1 saturated carbocycles. The molecule has 3 aromatic heterocycles. The second kappa shape index (κ2) is 7.63. The van der Waals surface area contributed by atoms with Crippen LogP contribution in [0.4, 0.5) is 5.82 Å². The normalized spacial score (nSPS) is 21.8. The van der Waals surface area contributed by atoms with E-state index in [1.165, 1.54) is 11.5 Å². The van der Waals surface area contributed by atoms with Crippen LogP contribution in [0.2, 0.25) is 0 Å². The molecule has 3 N–H and O–H groups in total. The first-order valence-corrected chi connectivity index (χ1v) is 11.3. The van der Waals surface area contributed by atoms with E-state index < -0.39 is 5.41 Å². The molecule has 3 aromatic rings. The number of fused-ring (bicyclic) bond motifs is 1. The smallest absolute Gasteiger partial charge is 0.228 e. The van der Waals surface area contributed by atoms with E-state index in [1.807, 2.05) is 6.07 Å². The maximum absolute atomic E-state index is 12.8. The number of rotatable bonds is 4. The first-order chi connectivity index (χ1) is 14.6. The van der Waals surface area contributed by atoms with E-state index in [9.17, 15) is 4.79 Å². The predicted octanol–water partition coefficient (Wildman–Crippen LogP) is 2.99. The Hall–Kier alpha value is -2.52. The Balaban J connectivity index is 1.75. The second-order valence-corrected chi connectivity index (χ2v) is 9.10. The van der Waals surface area contributed by atoms with Crippen LogP contribution >= 0.6 is 11.5 Å². The van der Waals surface area contributed by atoms with Crippen molar-refractivity contribution in [3.8, 4) is 11.4 Å². The Morgan fingerprint density at radius 3 is 2.90 bits per heavy atom. The highest BCUT2D eigenvalue weighted by Gasteiger charge is 2.42. The molecule has 1 amide bonds. The van der Waals surface area contributed by atoms with Gasteiger partial charge in [0.2, 0.25) is 5.91 Å². The number of carbonyl (C=O) groups is 1. The van der Waals surface area contributed by atoms with Crippen molar-refractivity contribution in [3.05, 3.63) is 23.9 Å². The number of pyridine rings is 1. The van der Waals surface area contributed by atoms with Gasteiger partial charge in [-0.25, -0.2) is 4.98 Å². The summed E-state index contributed by atoms with van der Waals surface area (Å²) in [6.07, 6.45) is 6.40. The molecule has 1 saturated heterocycles. The number of aromatic nitrogens is 4. The Morgan fingerprint density at radius 1 is 1.37 bits per heavy atom. The van der Waals surface area contributed by atoms with Crippen molar-refractivity contribution in [2.45, 2.75) is 50.5 Å². The highest BCUT2D eigenvalue weighted by atomic mass is 32.1. The van der Waals surface area contributed by atoms with Gasteiger partial charge in [-0.15, -0.1) is 0 Å². The summed E-state index contributed by atoms with van der Waals surface area (Å²) in [5, 5.41) is 7.07. The lowest BCUT2D eigenvalue weighted by Gasteiger charge is -2.37. The summed E-state index contributed by atoms with van der Waals surface area (Å²) in [6, 6.07) is 4.19. The number of nitrogens with one attached hydrogen (secondary N) is 1. The van der Waals surface area contributed by atoms with E-state index in [-0.39, 0.29) is 11.9 Å². The molecule has 0 aromatic carbocycles. The zero-order valence-electron chi connectivity index (χ0n) is 17.1. The van der Waals surface area contributed by atoms with Gasteiger partial charge < -0.3 is 15.4 Å². The molecule has 0 unspecified atom stereocenters. The number of ether oxygens (including phenoxy) is 1. The van der Waals surface area contributed by atoms with Crippen molar-refractivity contribution in [1.29, 1.82) is 0 Å². The van der Waals surface area contributed by atoms with Crippen LogP contribution in [0.25, 0.3) is 21.6 Å². The molecule has 0 bridgehead atoms. The molecule has 2 aliphatic rings. The number of aromatic amines is 1.